The zero-order valence-electron chi connectivity index (χ0n) is 27.7. The smallest absolute Gasteiger partial charge is 0.342 e. The minimum atomic E-state index is -0.880. The zero-order chi connectivity index (χ0) is 34.9. The Balaban J connectivity index is 1.45. The van der Waals surface area contributed by atoms with Crippen LogP contribution in [0.1, 0.15) is 84.8 Å². The van der Waals surface area contributed by atoms with Crippen LogP contribution in [0.5, 0.6) is 17.2 Å². The molecular weight excluding hydrogens is 626 g/mol. The van der Waals surface area contributed by atoms with Crippen LogP contribution in [0.2, 0.25) is 0 Å². The lowest BCUT2D eigenvalue weighted by molar-refractivity contribution is -0.121. The summed E-state index contributed by atoms with van der Waals surface area (Å²) in [5.41, 5.74) is 1.08. The second-order valence-corrected chi connectivity index (χ2v) is 12.2. The molecule has 256 valence electrons. The van der Waals surface area contributed by atoms with Gasteiger partial charge in [0.2, 0.25) is 5.91 Å². The van der Waals surface area contributed by atoms with E-state index >= 15 is 0 Å². The van der Waals surface area contributed by atoms with E-state index in [1.165, 1.54) is 24.1 Å². The summed E-state index contributed by atoms with van der Waals surface area (Å²) in [6.45, 7) is 2.03. The van der Waals surface area contributed by atoms with Crippen molar-refractivity contribution in [2.45, 2.75) is 70.4 Å². The number of nitrogens with one attached hydrogen (secondary N) is 1. The predicted molar refractivity (Wildman–Crippen MR) is 185 cm³/mol. The maximum atomic E-state index is 13.6. The van der Waals surface area contributed by atoms with E-state index in [1.54, 1.807) is 67.6 Å². The van der Waals surface area contributed by atoms with E-state index in [2.05, 4.69) is 10.3 Å². The summed E-state index contributed by atoms with van der Waals surface area (Å²) in [7, 11) is 1.53. The Bertz CT molecular complexity index is 1920. The summed E-state index contributed by atoms with van der Waals surface area (Å²) in [4.78, 5) is 56.4. The highest BCUT2D eigenvalue weighted by Crippen LogP contribution is 2.44. The third-order valence-corrected chi connectivity index (χ3v) is 8.71. The fraction of sp³-hybridized carbons (Fsp3) is 0.342. The van der Waals surface area contributed by atoms with Gasteiger partial charge >= 0.3 is 5.97 Å². The standard InChI is InChI=1S/C38H41N3O8/c1-24-9-8-12-27(42)11-5-3-4-10-26-21-32(43)35(36(45)34(26)38(47)49-24)30(25-15-17-28(48-2)18-16-25)22-33(44)39-19-20-41-23-40-31-14-7-6-13-29(31)37(41)46/h4,6-7,10,13-18,21,23-24,30,43,45H,3,5,8-9,11-12,19-20,22H2,1-2H3,(H,39,44)/t24-,30?/m0/s1. The number of hydrogen-bond acceptors (Lipinski definition) is 9. The summed E-state index contributed by atoms with van der Waals surface area (Å²) < 4.78 is 12.4. The molecule has 3 aromatic carbocycles. The van der Waals surface area contributed by atoms with Gasteiger partial charge in [-0.05, 0) is 74.1 Å². The van der Waals surface area contributed by atoms with Crippen molar-refractivity contribution in [3.8, 4) is 17.2 Å². The quantitative estimate of drug-likeness (QED) is 0.203. The Morgan fingerprint density at radius 1 is 1.08 bits per heavy atom. The molecular formula is C38H41N3O8. The number of aromatic nitrogens is 2. The number of phenolic OH excluding ortho intramolecular Hbond substituents is 2. The number of carbonyl (C=O) groups is 3. The number of benzene rings is 3. The highest BCUT2D eigenvalue weighted by molar-refractivity contribution is 5.98. The van der Waals surface area contributed by atoms with E-state index in [0.717, 1.165) is 0 Å². The molecule has 1 aliphatic rings. The second-order valence-electron chi connectivity index (χ2n) is 12.2. The largest absolute Gasteiger partial charge is 0.507 e. The molecule has 1 unspecified atom stereocenters. The molecule has 1 aliphatic heterocycles. The van der Waals surface area contributed by atoms with E-state index in [0.29, 0.717) is 60.7 Å². The molecule has 11 nitrogen and oxygen atoms in total. The molecule has 4 aromatic rings. The molecule has 0 aliphatic carbocycles. The Labute approximate surface area is 284 Å². The second kappa shape index (κ2) is 16.1. The first-order valence-corrected chi connectivity index (χ1v) is 16.5. The SMILES string of the molecule is COc1ccc(C(CC(=O)NCCn2cnc3ccccc3c2=O)c2c(O)cc3c(c2O)C(=O)O[C@@H](C)CCCC(=O)CCCC=C3)cc1. The summed E-state index contributed by atoms with van der Waals surface area (Å²) in [6.07, 6.45) is 7.24. The average Bonchev–Trinajstić information content (AvgIpc) is 3.08. The number of aromatic hydroxyl groups is 2. The summed E-state index contributed by atoms with van der Waals surface area (Å²) in [5.74, 6) is -2.12. The van der Waals surface area contributed by atoms with Crippen LogP contribution in [0.25, 0.3) is 17.0 Å². The van der Waals surface area contributed by atoms with Gasteiger partial charge in [-0.25, -0.2) is 9.78 Å². The number of Topliss-reactive ketones (excluding diaryl/α,β-unsaturated/α-hetero) is 1. The highest BCUT2D eigenvalue weighted by atomic mass is 16.5. The zero-order valence-corrected chi connectivity index (χ0v) is 27.7. The minimum Gasteiger partial charge on any atom is -0.507 e. The lowest BCUT2D eigenvalue weighted by atomic mass is 9.84. The van der Waals surface area contributed by atoms with Crippen LogP contribution in [0, 0.1) is 0 Å². The van der Waals surface area contributed by atoms with Gasteiger partial charge in [0.25, 0.3) is 5.56 Å². The number of rotatable bonds is 8. The Morgan fingerprint density at radius 2 is 1.84 bits per heavy atom. The first kappa shape index (κ1) is 34.9. The van der Waals surface area contributed by atoms with Crippen molar-refractivity contribution >= 4 is 34.6 Å². The molecule has 0 bridgehead atoms. The number of esters is 1. The van der Waals surface area contributed by atoms with Crippen molar-refractivity contribution in [2.75, 3.05) is 13.7 Å². The Hall–Kier alpha value is -5.45. The number of cyclic esters (lactones) is 1. The Kier molecular flexibility index (Phi) is 11.5. The normalized spacial score (nSPS) is 16.3. The topological polar surface area (TPSA) is 157 Å². The van der Waals surface area contributed by atoms with Crippen LogP contribution in [-0.4, -0.2) is 57.2 Å². The van der Waals surface area contributed by atoms with E-state index in [9.17, 15) is 29.4 Å². The van der Waals surface area contributed by atoms with Crippen molar-refractivity contribution in [3.05, 3.63) is 99.6 Å². The monoisotopic (exact) mass is 667 g/mol. The molecule has 0 fully saturated rings. The van der Waals surface area contributed by atoms with Gasteiger partial charge in [0.15, 0.2) is 0 Å². The maximum absolute atomic E-state index is 13.6. The number of carbonyl (C=O) groups excluding carboxylic acids is 3. The molecule has 0 spiro atoms. The van der Waals surface area contributed by atoms with E-state index < -0.39 is 29.6 Å². The van der Waals surface area contributed by atoms with Gasteiger partial charge in [0.1, 0.15) is 28.6 Å². The average molecular weight is 668 g/mol. The fourth-order valence-corrected chi connectivity index (χ4v) is 6.08. The molecule has 49 heavy (non-hydrogen) atoms. The van der Waals surface area contributed by atoms with Gasteiger partial charge < -0.3 is 25.0 Å². The van der Waals surface area contributed by atoms with Gasteiger partial charge in [-0.1, -0.05) is 36.4 Å². The number of ether oxygens (including phenoxy) is 2. The maximum Gasteiger partial charge on any atom is 0.342 e. The Morgan fingerprint density at radius 3 is 2.61 bits per heavy atom. The van der Waals surface area contributed by atoms with Crippen molar-refractivity contribution in [1.29, 1.82) is 0 Å². The van der Waals surface area contributed by atoms with Crippen LogP contribution < -0.4 is 15.6 Å². The highest BCUT2D eigenvalue weighted by Gasteiger charge is 2.31. The van der Waals surface area contributed by atoms with Crippen molar-refractivity contribution < 1.29 is 34.1 Å². The van der Waals surface area contributed by atoms with Crippen molar-refractivity contribution in [3.63, 3.8) is 0 Å². The van der Waals surface area contributed by atoms with Gasteiger partial charge in [0.05, 0.1) is 30.4 Å². The lowest BCUT2D eigenvalue weighted by Crippen LogP contribution is -2.32. The third-order valence-electron chi connectivity index (χ3n) is 8.71. The molecule has 1 aromatic heterocycles. The summed E-state index contributed by atoms with van der Waals surface area (Å²) in [6, 6.07) is 15.3. The molecule has 0 saturated carbocycles. The first-order valence-electron chi connectivity index (χ1n) is 16.5. The number of phenols is 2. The molecule has 0 saturated heterocycles. The third kappa shape index (κ3) is 8.53. The van der Waals surface area contributed by atoms with Crippen LogP contribution in [0.15, 0.2) is 71.8 Å². The van der Waals surface area contributed by atoms with Crippen LogP contribution in [0.3, 0.4) is 0 Å². The number of para-hydroxylation sites is 1. The van der Waals surface area contributed by atoms with Crippen LogP contribution >= 0.6 is 0 Å². The first-order chi connectivity index (χ1) is 23.7. The summed E-state index contributed by atoms with van der Waals surface area (Å²) in [5, 5.41) is 26.5. The van der Waals surface area contributed by atoms with Gasteiger partial charge in [-0.2, -0.15) is 0 Å². The van der Waals surface area contributed by atoms with E-state index in [4.69, 9.17) is 9.47 Å². The van der Waals surface area contributed by atoms with Gasteiger partial charge in [-0.3, -0.25) is 19.0 Å². The van der Waals surface area contributed by atoms with Gasteiger partial charge in [-0.15, -0.1) is 0 Å². The molecule has 2 heterocycles. The summed E-state index contributed by atoms with van der Waals surface area (Å²) >= 11 is 0. The molecule has 2 atom stereocenters. The van der Waals surface area contributed by atoms with E-state index in [-0.39, 0.29) is 53.3 Å². The molecule has 3 N–H and O–H groups in total. The number of fused-ring (bicyclic) bond motifs is 2. The minimum absolute atomic E-state index is 0.00117. The molecule has 1 amide bonds. The molecule has 0 radical (unpaired) electrons. The number of allylic oxidation sites excluding steroid dienone is 1. The molecule has 5 rings (SSSR count). The van der Waals surface area contributed by atoms with Crippen molar-refractivity contribution in [1.82, 2.24) is 14.9 Å². The number of amides is 1. The number of methoxy groups -OCH3 is 1. The fourth-order valence-electron chi connectivity index (χ4n) is 6.08. The number of ketones is 1. The number of hydrogen-bond donors (Lipinski definition) is 3. The van der Waals surface area contributed by atoms with Crippen molar-refractivity contribution in [2.24, 2.45) is 0 Å². The van der Waals surface area contributed by atoms with Crippen LogP contribution in [-0.2, 0) is 20.9 Å². The predicted octanol–water partition coefficient (Wildman–Crippen LogP) is 5.64. The molecule has 11 heteroatoms. The lowest BCUT2D eigenvalue weighted by Gasteiger charge is -2.23. The number of nitrogens with zero attached hydrogens (tertiary/aromatic N) is 2. The van der Waals surface area contributed by atoms with Crippen LogP contribution in [0.4, 0.5) is 0 Å². The van der Waals surface area contributed by atoms with E-state index in [1.807, 2.05) is 0 Å². The van der Waals surface area contributed by atoms with Gasteiger partial charge in [0, 0.05) is 43.8 Å².